The summed E-state index contributed by atoms with van der Waals surface area (Å²) < 4.78 is 5.33. The van der Waals surface area contributed by atoms with Gasteiger partial charge in [0.15, 0.2) is 5.11 Å². The second kappa shape index (κ2) is 11.0. The number of rotatable bonds is 7. The Hall–Kier alpha value is -1.73. The lowest BCUT2D eigenvalue weighted by atomic mass is 10.1. The number of hydrogen-bond donors (Lipinski definition) is 2. The third kappa shape index (κ3) is 6.38. The highest BCUT2D eigenvalue weighted by Crippen LogP contribution is 2.28. The Balaban J connectivity index is 1.36. The van der Waals surface area contributed by atoms with E-state index in [9.17, 15) is 0 Å². The second-order valence-electron chi connectivity index (χ2n) is 7.34. The average Bonchev–Trinajstić information content (AvgIpc) is 2.74. The van der Waals surface area contributed by atoms with E-state index in [2.05, 4.69) is 39.5 Å². The van der Waals surface area contributed by atoms with Gasteiger partial charge in [-0.3, -0.25) is 4.90 Å². The van der Waals surface area contributed by atoms with E-state index in [-0.39, 0.29) is 0 Å². The van der Waals surface area contributed by atoms with Crippen molar-refractivity contribution in [1.29, 1.82) is 0 Å². The van der Waals surface area contributed by atoms with Gasteiger partial charge in [0, 0.05) is 54.5 Å². The maximum atomic E-state index is 6.18. The largest absolute Gasteiger partial charge is 0.495 e. The van der Waals surface area contributed by atoms with Gasteiger partial charge in [0.2, 0.25) is 0 Å². The highest BCUT2D eigenvalue weighted by molar-refractivity contribution is 7.80. The summed E-state index contributed by atoms with van der Waals surface area (Å²) in [4.78, 5) is 4.92. The van der Waals surface area contributed by atoms with Crippen LogP contribution in [-0.2, 0) is 0 Å². The first-order valence-corrected chi connectivity index (χ1v) is 11.2. The number of halogens is 2. The van der Waals surface area contributed by atoms with Crippen molar-refractivity contribution < 1.29 is 4.74 Å². The fourth-order valence-corrected chi connectivity index (χ4v) is 4.12. The molecule has 0 unspecified atom stereocenters. The molecule has 2 N–H and O–H groups in total. The van der Waals surface area contributed by atoms with E-state index < -0.39 is 0 Å². The minimum absolute atomic E-state index is 0.580. The van der Waals surface area contributed by atoms with Crippen molar-refractivity contribution >= 4 is 51.9 Å². The van der Waals surface area contributed by atoms with Crippen LogP contribution < -0.4 is 20.3 Å². The number of nitrogens with one attached hydrogen (secondary N) is 2. The SMILES string of the molecule is COc1cc(Cl)ccc1NC(=S)NCCCN1CCN(c2cc(Cl)ccc2C)CC1. The van der Waals surface area contributed by atoms with Gasteiger partial charge in [0.05, 0.1) is 12.8 Å². The molecule has 1 saturated heterocycles. The first-order chi connectivity index (χ1) is 14.5. The number of benzene rings is 2. The highest BCUT2D eigenvalue weighted by Gasteiger charge is 2.18. The van der Waals surface area contributed by atoms with Crippen molar-refractivity contribution in [3.05, 3.63) is 52.0 Å². The van der Waals surface area contributed by atoms with Crippen molar-refractivity contribution in [2.24, 2.45) is 0 Å². The molecule has 0 saturated carbocycles. The summed E-state index contributed by atoms with van der Waals surface area (Å²) in [5.41, 5.74) is 3.32. The molecule has 0 aromatic heterocycles. The molecule has 0 aliphatic carbocycles. The first kappa shape index (κ1) is 22.9. The van der Waals surface area contributed by atoms with Crippen molar-refractivity contribution in [2.45, 2.75) is 13.3 Å². The number of ether oxygens (including phenoxy) is 1. The Morgan fingerprint density at radius 3 is 2.50 bits per heavy atom. The minimum atomic E-state index is 0.580. The highest BCUT2D eigenvalue weighted by atomic mass is 35.5. The average molecular weight is 467 g/mol. The number of thiocarbonyl (C=S) groups is 1. The van der Waals surface area contributed by atoms with E-state index in [4.69, 9.17) is 40.2 Å². The first-order valence-electron chi connectivity index (χ1n) is 10.1. The topological polar surface area (TPSA) is 39.8 Å². The van der Waals surface area contributed by atoms with Crippen LogP contribution in [0.4, 0.5) is 11.4 Å². The van der Waals surface area contributed by atoms with E-state index in [1.54, 1.807) is 19.2 Å². The molecule has 3 rings (SSSR count). The third-order valence-electron chi connectivity index (χ3n) is 5.23. The molecule has 1 aliphatic rings. The van der Waals surface area contributed by atoms with Crippen LogP contribution in [0.25, 0.3) is 0 Å². The second-order valence-corrected chi connectivity index (χ2v) is 8.62. The Labute approximate surface area is 194 Å². The molecule has 0 atom stereocenters. The number of anilines is 2. The van der Waals surface area contributed by atoms with Crippen LogP contribution in [0.3, 0.4) is 0 Å². The Kier molecular flexibility index (Phi) is 8.45. The summed E-state index contributed by atoms with van der Waals surface area (Å²) in [6, 6.07) is 11.5. The lowest BCUT2D eigenvalue weighted by Gasteiger charge is -2.37. The standard InChI is InChI=1S/C22H28Cl2N4OS/c1-16-4-5-17(23)14-20(16)28-12-10-27(11-13-28)9-3-8-25-22(30)26-19-7-6-18(24)15-21(19)29-2/h4-7,14-15H,3,8-13H2,1-2H3,(H2,25,26,30). The molecule has 1 fully saturated rings. The Morgan fingerprint density at radius 1 is 1.07 bits per heavy atom. The van der Waals surface area contributed by atoms with Gasteiger partial charge in [-0.15, -0.1) is 0 Å². The lowest BCUT2D eigenvalue weighted by molar-refractivity contribution is 0.255. The molecule has 0 amide bonds. The zero-order valence-electron chi connectivity index (χ0n) is 17.4. The van der Waals surface area contributed by atoms with Crippen LogP contribution in [-0.4, -0.2) is 56.4 Å². The predicted molar refractivity (Wildman–Crippen MR) is 132 cm³/mol. The van der Waals surface area contributed by atoms with Crippen molar-refractivity contribution in [1.82, 2.24) is 10.2 Å². The maximum absolute atomic E-state index is 6.18. The molecule has 30 heavy (non-hydrogen) atoms. The van der Waals surface area contributed by atoms with Crippen molar-refractivity contribution in [3.8, 4) is 5.75 Å². The van der Waals surface area contributed by atoms with Gasteiger partial charge in [-0.1, -0.05) is 29.3 Å². The van der Waals surface area contributed by atoms with Gasteiger partial charge in [-0.2, -0.15) is 0 Å². The zero-order chi connectivity index (χ0) is 21.5. The van der Waals surface area contributed by atoms with E-state index >= 15 is 0 Å². The number of methoxy groups -OCH3 is 1. The van der Waals surface area contributed by atoms with E-state index in [0.717, 1.165) is 56.4 Å². The maximum Gasteiger partial charge on any atom is 0.170 e. The number of piperazine rings is 1. The minimum Gasteiger partial charge on any atom is -0.495 e. The van der Waals surface area contributed by atoms with Crippen LogP contribution in [0.15, 0.2) is 36.4 Å². The third-order valence-corrected chi connectivity index (χ3v) is 5.95. The van der Waals surface area contributed by atoms with Crippen LogP contribution in [0.2, 0.25) is 10.0 Å². The summed E-state index contributed by atoms with van der Waals surface area (Å²) in [5, 5.41) is 8.43. The van der Waals surface area contributed by atoms with Crippen LogP contribution >= 0.6 is 35.4 Å². The summed E-state index contributed by atoms with van der Waals surface area (Å²) in [5.74, 6) is 0.666. The summed E-state index contributed by atoms with van der Waals surface area (Å²) in [6.07, 6.45) is 1.02. The van der Waals surface area contributed by atoms with Gasteiger partial charge in [0.1, 0.15) is 5.75 Å². The van der Waals surface area contributed by atoms with Crippen LogP contribution in [0.5, 0.6) is 5.75 Å². The quantitative estimate of drug-likeness (QED) is 0.450. The normalized spacial score (nSPS) is 14.5. The monoisotopic (exact) mass is 466 g/mol. The number of hydrogen-bond acceptors (Lipinski definition) is 4. The Bertz CT molecular complexity index is 872. The van der Waals surface area contributed by atoms with Gasteiger partial charge in [-0.05, 0) is 61.9 Å². The van der Waals surface area contributed by atoms with Crippen LogP contribution in [0.1, 0.15) is 12.0 Å². The fourth-order valence-electron chi connectivity index (χ4n) is 3.58. The molecule has 2 aromatic rings. The number of nitrogens with zero attached hydrogens (tertiary/aromatic N) is 2. The molecular weight excluding hydrogens is 439 g/mol. The molecule has 5 nitrogen and oxygen atoms in total. The summed E-state index contributed by atoms with van der Waals surface area (Å²) in [6.45, 7) is 8.14. The number of aryl methyl sites for hydroxylation is 1. The van der Waals surface area contributed by atoms with Gasteiger partial charge in [0.25, 0.3) is 0 Å². The molecular formula is C22H28Cl2N4OS. The lowest BCUT2D eigenvalue weighted by Crippen LogP contribution is -2.47. The molecule has 1 heterocycles. The summed E-state index contributed by atoms with van der Waals surface area (Å²) >= 11 is 17.6. The molecule has 0 bridgehead atoms. The summed E-state index contributed by atoms with van der Waals surface area (Å²) in [7, 11) is 1.61. The molecule has 0 radical (unpaired) electrons. The van der Waals surface area contributed by atoms with E-state index in [0.29, 0.717) is 15.9 Å². The van der Waals surface area contributed by atoms with Gasteiger partial charge >= 0.3 is 0 Å². The van der Waals surface area contributed by atoms with E-state index in [1.165, 1.54) is 11.3 Å². The molecule has 0 spiro atoms. The molecule has 8 heteroatoms. The van der Waals surface area contributed by atoms with Gasteiger partial charge in [-0.25, -0.2) is 0 Å². The molecule has 162 valence electrons. The predicted octanol–water partition coefficient (Wildman–Crippen LogP) is 4.81. The van der Waals surface area contributed by atoms with E-state index in [1.807, 2.05) is 12.1 Å². The molecule has 1 aliphatic heterocycles. The Morgan fingerprint density at radius 2 is 1.77 bits per heavy atom. The van der Waals surface area contributed by atoms with Crippen molar-refractivity contribution in [2.75, 3.05) is 56.6 Å². The smallest absolute Gasteiger partial charge is 0.170 e. The molecule has 2 aromatic carbocycles. The van der Waals surface area contributed by atoms with Crippen molar-refractivity contribution in [3.63, 3.8) is 0 Å². The zero-order valence-corrected chi connectivity index (χ0v) is 19.7. The van der Waals surface area contributed by atoms with Gasteiger partial charge < -0.3 is 20.3 Å². The van der Waals surface area contributed by atoms with Crippen LogP contribution in [0, 0.1) is 6.92 Å². The fraction of sp³-hybridized carbons (Fsp3) is 0.409.